The highest BCUT2D eigenvalue weighted by atomic mass is 32.1. The fourth-order valence-corrected chi connectivity index (χ4v) is 2.96. The topological polar surface area (TPSA) is 133 Å². The molecule has 3 N–H and O–H groups in total. The maximum absolute atomic E-state index is 12.1. The zero-order valence-corrected chi connectivity index (χ0v) is 17.2. The lowest BCUT2D eigenvalue weighted by Crippen LogP contribution is -2.29. The summed E-state index contributed by atoms with van der Waals surface area (Å²) < 4.78 is 5.49. The molecule has 0 fully saturated rings. The number of rotatable bonds is 6. The molecule has 0 unspecified atom stereocenters. The van der Waals surface area contributed by atoms with Crippen molar-refractivity contribution in [2.24, 2.45) is 0 Å². The van der Waals surface area contributed by atoms with Crippen molar-refractivity contribution in [2.75, 3.05) is 18.9 Å². The Morgan fingerprint density at radius 3 is 2.37 bits per heavy atom. The first-order valence-electron chi connectivity index (χ1n) is 8.74. The molecule has 0 spiro atoms. The lowest BCUT2D eigenvalue weighted by atomic mass is 10.2. The summed E-state index contributed by atoms with van der Waals surface area (Å²) in [7, 11) is 1.88. The Morgan fingerprint density at radius 1 is 1.13 bits per heavy atom. The number of nitrogens with zero attached hydrogens (tertiary/aromatic N) is 2. The van der Waals surface area contributed by atoms with E-state index in [0.717, 1.165) is 21.8 Å². The van der Waals surface area contributed by atoms with Crippen LogP contribution < -0.4 is 5.32 Å². The molecule has 1 aromatic carbocycles. The van der Waals surface area contributed by atoms with E-state index in [1.54, 1.807) is 17.6 Å². The van der Waals surface area contributed by atoms with Crippen LogP contribution >= 0.6 is 11.3 Å². The standard InChI is InChI=1S/C18H19N3O2S.C2H2O4/c1-13-5-7-14(8-6-13)19-17(22)11-21(2)10-15-12-23-18(20-15)16-4-3-9-24-16;3-1(4)2(5)6/h3-9,12H,10-11H2,1-2H3,(H,19,22);(H,3,4)(H,5,6). The van der Waals surface area contributed by atoms with Gasteiger partial charge >= 0.3 is 11.9 Å². The Balaban J connectivity index is 0.000000469. The van der Waals surface area contributed by atoms with E-state index in [9.17, 15) is 4.79 Å². The number of aryl methyl sites for hydroxylation is 1. The first kappa shape index (κ1) is 22.8. The van der Waals surface area contributed by atoms with Crippen molar-refractivity contribution in [3.8, 4) is 10.8 Å². The molecule has 2 aromatic heterocycles. The Bertz CT molecular complexity index is 970. The molecule has 9 nitrogen and oxygen atoms in total. The van der Waals surface area contributed by atoms with Crippen molar-refractivity contribution < 1.29 is 29.0 Å². The van der Waals surface area contributed by atoms with Gasteiger partial charge in [0, 0.05) is 12.2 Å². The molecular formula is C20H21N3O6S. The first-order chi connectivity index (χ1) is 14.2. The molecule has 0 aliphatic rings. The number of oxazole rings is 1. The number of carbonyl (C=O) groups is 3. The van der Waals surface area contributed by atoms with Crippen LogP contribution in [0.15, 0.2) is 52.5 Å². The van der Waals surface area contributed by atoms with E-state index in [1.165, 1.54) is 0 Å². The summed E-state index contributed by atoms with van der Waals surface area (Å²) in [4.78, 5) is 37.7. The molecule has 0 aliphatic carbocycles. The van der Waals surface area contributed by atoms with Crippen LogP contribution in [0, 0.1) is 6.92 Å². The molecule has 3 aromatic rings. The van der Waals surface area contributed by atoms with Gasteiger partial charge in [-0.25, -0.2) is 14.6 Å². The summed E-state index contributed by atoms with van der Waals surface area (Å²) in [6.45, 7) is 2.85. The van der Waals surface area contributed by atoms with Crippen LogP contribution in [0.2, 0.25) is 0 Å². The number of carboxylic acid groups (broad SMARTS) is 2. The number of likely N-dealkylation sites (N-methyl/N-ethyl adjacent to an activating group) is 1. The third kappa shape index (κ3) is 7.49. The van der Waals surface area contributed by atoms with E-state index in [2.05, 4.69) is 10.3 Å². The molecule has 2 heterocycles. The molecule has 0 atom stereocenters. The Kier molecular flexibility index (Phi) is 8.27. The highest BCUT2D eigenvalue weighted by molar-refractivity contribution is 7.13. The number of carboxylic acids is 2. The Labute approximate surface area is 176 Å². The van der Waals surface area contributed by atoms with Gasteiger partial charge in [0.25, 0.3) is 0 Å². The summed E-state index contributed by atoms with van der Waals surface area (Å²) >= 11 is 1.59. The predicted molar refractivity (Wildman–Crippen MR) is 111 cm³/mol. The van der Waals surface area contributed by atoms with Crippen molar-refractivity contribution in [2.45, 2.75) is 13.5 Å². The number of amides is 1. The molecule has 30 heavy (non-hydrogen) atoms. The summed E-state index contributed by atoms with van der Waals surface area (Å²) in [5.74, 6) is -3.08. The molecular weight excluding hydrogens is 410 g/mol. The maximum Gasteiger partial charge on any atom is 0.414 e. The van der Waals surface area contributed by atoms with Gasteiger partial charge in [0.2, 0.25) is 11.8 Å². The van der Waals surface area contributed by atoms with Crippen LogP contribution in [-0.4, -0.2) is 51.5 Å². The Hall–Kier alpha value is -3.50. The second kappa shape index (κ2) is 10.9. The summed E-state index contributed by atoms with van der Waals surface area (Å²) in [5.41, 5.74) is 2.78. The molecule has 3 rings (SSSR count). The molecule has 10 heteroatoms. The second-order valence-electron chi connectivity index (χ2n) is 6.32. The maximum atomic E-state index is 12.1. The minimum absolute atomic E-state index is 0.0525. The number of anilines is 1. The highest BCUT2D eigenvalue weighted by Gasteiger charge is 2.12. The third-order valence-electron chi connectivity index (χ3n) is 3.65. The Morgan fingerprint density at radius 2 is 1.80 bits per heavy atom. The zero-order valence-electron chi connectivity index (χ0n) is 16.4. The van der Waals surface area contributed by atoms with Gasteiger partial charge in [-0.2, -0.15) is 0 Å². The summed E-state index contributed by atoms with van der Waals surface area (Å²) in [6.07, 6.45) is 1.64. The molecule has 0 bridgehead atoms. The number of hydrogen-bond donors (Lipinski definition) is 3. The molecule has 0 aliphatic heterocycles. The average molecular weight is 431 g/mol. The van der Waals surface area contributed by atoms with Gasteiger partial charge in [0.05, 0.1) is 17.1 Å². The molecule has 0 saturated heterocycles. The van der Waals surface area contributed by atoms with Crippen molar-refractivity contribution in [3.63, 3.8) is 0 Å². The minimum Gasteiger partial charge on any atom is -0.473 e. The van der Waals surface area contributed by atoms with E-state index in [4.69, 9.17) is 24.2 Å². The van der Waals surface area contributed by atoms with Crippen LogP contribution in [-0.2, 0) is 20.9 Å². The van der Waals surface area contributed by atoms with Crippen LogP contribution in [0.4, 0.5) is 5.69 Å². The van der Waals surface area contributed by atoms with E-state index in [-0.39, 0.29) is 12.5 Å². The van der Waals surface area contributed by atoms with Gasteiger partial charge in [0.1, 0.15) is 6.26 Å². The van der Waals surface area contributed by atoms with Crippen molar-refractivity contribution >= 4 is 34.9 Å². The predicted octanol–water partition coefficient (Wildman–Crippen LogP) is 2.94. The fraction of sp³-hybridized carbons (Fsp3) is 0.200. The largest absolute Gasteiger partial charge is 0.473 e. The second-order valence-corrected chi connectivity index (χ2v) is 7.27. The lowest BCUT2D eigenvalue weighted by molar-refractivity contribution is -0.159. The van der Waals surface area contributed by atoms with E-state index < -0.39 is 11.9 Å². The number of hydrogen-bond acceptors (Lipinski definition) is 7. The fourth-order valence-electron chi connectivity index (χ4n) is 2.31. The van der Waals surface area contributed by atoms with Gasteiger partial charge in [0.15, 0.2) is 0 Å². The van der Waals surface area contributed by atoms with Gasteiger partial charge < -0.3 is 19.9 Å². The molecule has 0 saturated carbocycles. The van der Waals surface area contributed by atoms with Gasteiger partial charge in [-0.1, -0.05) is 23.8 Å². The first-order valence-corrected chi connectivity index (χ1v) is 9.62. The van der Waals surface area contributed by atoms with Crippen molar-refractivity contribution in [1.82, 2.24) is 9.88 Å². The number of aromatic nitrogens is 1. The van der Waals surface area contributed by atoms with E-state index >= 15 is 0 Å². The van der Waals surface area contributed by atoms with Crippen molar-refractivity contribution in [1.29, 1.82) is 0 Å². The lowest BCUT2D eigenvalue weighted by Gasteiger charge is -2.14. The number of aliphatic carboxylic acids is 2. The van der Waals surface area contributed by atoms with Crippen LogP contribution in [0.5, 0.6) is 0 Å². The minimum atomic E-state index is -1.82. The molecule has 1 amide bonds. The summed E-state index contributed by atoms with van der Waals surface area (Å²) in [5, 5.41) is 19.7. The van der Waals surface area contributed by atoms with E-state index in [0.29, 0.717) is 12.4 Å². The monoisotopic (exact) mass is 431 g/mol. The van der Waals surface area contributed by atoms with E-state index in [1.807, 2.05) is 60.6 Å². The van der Waals surface area contributed by atoms with Crippen LogP contribution in [0.25, 0.3) is 10.8 Å². The quantitative estimate of drug-likeness (QED) is 0.508. The molecule has 0 radical (unpaired) electrons. The van der Waals surface area contributed by atoms with Crippen LogP contribution in [0.1, 0.15) is 11.3 Å². The van der Waals surface area contributed by atoms with Gasteiger partial charge in [-0.15, -0.1) is 11.3 Å². The van der Waals surface area contributed by atoms with Crippen LogP contribution in [0.3, 0.4) is 0 Å². The SMILES string of the molecule is Cc1ccc(NC(=O)CN(C)Cc2coc(-c3cccs3)n2)cc1.O=C(O)C(=O)O. The number of benzene rings is 1. The molecule has 158 valence electrons. The number of carbonyl (C=O) groups excluding carboxylic acids is 1. The van der Waals surface area contributed by atoms with Gasteiger partial charge in [-0.3, -0.25) is 9.69 Å². The third-order valence-corrected chi connectivity index (χ3v) is 4.51. The summed E-state index contributed by atoms with van der Waals surface area (Å²) in [6, 6.07) is 11.7. The smallest absolute Gasteiger partial charge is 0.414 e. The van der Waals surface area contributed by atoms with Gasteiger partial charge in [-0.05, 0) is 37.6 Å². The normalized spacial score (nSPS) is 10.2. The zero-order chi connectivity index (χ0) is 22.1. The average Bonchev–Trinajstić information content (AvgIpc) is 3.35. The number of thiophene rings is 1. The number of nitrogens with one attached hydrogen (secondary N) is 1. The highest BCUT2D eigenvalue weighted by Crippen LogP contribution is 2.23. The van der Waals surface area contributed by atoms with Crippen molar-refractivity contribution in [3.05, 3.63) is 59.3 Å².